The molecule has 0 aliphatic rings. The Kier molecular flexibility index (Phi) is 5.20. The molecule has 0 aromatic heterocycles. The molecular formula is C20H23N. The zero-order valence-corrected chi connectivity index (χ0v) is 13.1. The Bertz CT molecular complexity index is 622. The van der Waals surface area contributed by atoms with Gasteiger partial charge in [-0.2, -0.15) is 0 Å². The summed E-state index contributed by atoms with van der Waals surface area (Å²) in [4.78, 5) is 0. The van der Waals surface area contributed by atoms with Crippen molar-refractivity contribution in [3.05, 3.63) is 70.8 Å². The first-order valence-electron chi connectivity index (χ1n) is 7.50. The van der Waals surface area contributed by atoms with E-state index < -0.39 is 0 Å². The van der Waals surface area contributed by atoms with Gasteiger partial charge in [-0.25, -0.2) is 0 Å². The topological polar surface area (TPSA) is 12.0 Å². The van der Waals surface area contributed by atoms with Crippen LogP contribution in [0.15, 0.2) is 48.5 Å². The average molecular weight is 277 g/mol. The van der Waals surface area contributed by atoms with Crippen LogP contribution in [0.25, 0.3) is 0 Å². The molecule has 0 spiro atoms. The average Bonchev–Trinajstić information content (AvgIpc) is 2.50. The van der Waals surface area contributed by atoms with Gasteiger partial charge in [0.15, 0.2) is 0 Å². The molecule has 2 aromatic rings. The molecule has 0 heterocycles. The van der Waals surface area contributed by atoms with E-state index in [0.717, 1.165) is 6.42 Å². The van der Waals surface area contributed by atoms with Crippen LogP contribution in [0.4, 0.5) is 0 Å². The Morgan fingerprint density at radius 1 is 1.10 bits per heavy atom. The molecule has 0 amide bonds. The van der Waals surface area contributed by atoms with Gasteiger partial charge < -0.3 is 0 Å². The number of nitrogens with one attached hydrogen (secondary N) is 1. The summed E-state index contributed by atoms with van der Waals surface area (Å²) in [6.45, 7) is 6.40. The number of terminal acetylenes is 1. The summed E-state index contributed by atoms with van der Waals surface area (Å²) in [6.07, 6.45) is 6.56. The third-order valence-corrected chi connectivity index (χ3v) is 3.85. The van der Waals surface area contributed by atoms with Gasteiger partial charge in [0.05, 0.1) is 12.1 Å². The van der Waals surface area contributed by atoms with Gasteiger partial charge in [-0.1, -0.05) is 66.9 Å². The summed E-state index contributed by atoms with van der Waals surface area (Å²) in [5.41, 5.74) is 5.12. The molecule has 2 aromatic carbocycles. The Balaban J connectivity index is 2.43. The number of benzene rings is 2. The van der Waals surface area contributed by atoms with E-state index in [9.17, 15) is 0 Å². The van der Waals surface area contributed by atoms with Gasteiger partial charge in [-0.3, -0.25) is 5.32 Å². The summed E-state index contributed by atoms with van der Waals surface area (Å²) in [7, 11) is 0. The quantitative estimate of drug-likeness (QED) is 0.799. The molecule has 2 rings (SSSR count). The maximum atomic E-state index is 5.64. The molecule has 2 atom stereocenters. The van der Waals surface area contributed by atoms with Crippen LogP contribution in [0.2, 0.25) is 0 Å². The van der Waals surface area contributed by atoms with E-state index in [1.807, 2.05) is 6.07 Å². The number of hydrogen-bond acceptors (Lipinski definition) is 1. The molecule has 0 fully saturated rings. The standard InChI is InChI=1S/C20H23N/c1-5-18(6-2)21-20(17-10-8-7-9-11-17)19-13-12-15(3)14-16(19)4/h1,7-14,18,20-21H,6H2,2-4H3. The van der Waals surface area contributed by atoms with E-state index in [-0.39, 0.29) is 12.1 Å². The van der Waals surface area contributed by atoms with Gasteiger partial charge in [0.25, 0.3) is 0 Å². The lowest BCUT2D eigenvalue weighted by atomic mass is 9.93. The first-order valence-corrected chi connectivity index (χ1v) is 7.50. The van der Waals surface area contributed by atoms with Crippen LogP contribution >= 0.6 is 0 Å². The SMILES string of the molecule is C#CC(CC)NC(c1ccccc1)c1ccc(C)cc1C. The minimum absolute atomic E-state index is 0.0795. The van der Waals surface area contributed by atoms with Crippen molar-refractivity contribution in [3.63, 3.8) is 0 Å². The molecule has 0 radical (unpaired) electrons. The van der Waals surface area contributed by atoms with Gasteiger partial charge in [0.1, 0.15) is 0 Å². The van der Waals surface area contributed by atoms with Crippen molar-refractivity contribution in [1.82, 2.24) is 5.32 Å². The highest BCUT2D eigenvalue weighted by molar-refractivity contribution is 5.39. The van der Waals surface area contributed by atoms with Crippen molar-refractivity contribution in [1.29, 1.82) is 0 Å². The maximum Gasteiger partial charge on any atom is 0.0691 e. The zero-order valence-electron chi connectivity index (χ0n) is 13.1. The highest BCUT2D eigenvalue weighted by Gasteiger charge is 2.18. The van der Waals surface area contributed by atoms with E-state index in [0.29, 0.717) is 0 Å². The van der Waals surface area contributed by atoms with Gasteiger partial charge >= 0.3 is 0 Å². The molecule has 0 saturated heterocycles. The Morgan fingerprint density at radius 3 is 2.38 bits per heavy atom. The highest BCUT2D eigenvalue weighted by Crippen LogP contribution is 2.26. The fraction of sp³-hybridized carbons (Fsp3) is 0.300. The number of rotatable bonds is 5. The minimum Gasteiger partial charge on any atom is -0.293 e. The van der Waals surface area contributed by atoms with Crippen molar-refractivity contribution in [3.8, 4) is 12.3 Å². The van der Waals surface area contributed by atoms with Crippen LogP contribution in [0.1, 0.15) is 41.6 Å². The highest BCUT2D eigenvalue weighted by atomic mass is 14.9. The van der Waals surface area contributed by atoms with E-state index in [1.54, 1.807) is 0 Å². The Labute approximate surface area is 128 Å². The molecule has 0 aliphatic carbocycles. The smallest absolute Gasteiger partial charge is 0.0691 e. The van der Waals surface area contributed by atoms with Crippen molar-refractivity contribution < 1.29 is 0 Å². The van der Waals surface area contributed by atoms with Crippen molar-refractivity contribution >= 4 is 0 Å². The van der Waals surface area contributed by atoms with Crippen LogP contribution < -0.4 is 5.32 Å². The lowest BCUT2D eigenvalue weighted by Crippen LogP contribution is -2.32. The second kappa shape index (κ2) is 7.11. The predicted octanol–water partition coefficient (Wildman–Crippen LogP) is 4.39. The molecule has 108 valence electrons. The second-order valence-electron chi connectivity index (χ2n) is 5.50. The van der Waals surface area contributed by atoms with Gasteiger partial charge in [-0.05, 0) is 37.0 Å². The van der Waals surface area contributed by atoms with Crippen molar-refractivity contribution in [2.45, 2.75) is 39.3 Å². The first kappa shape index (κ1) is 15.4. The fourth-order valence-electron chi connectivity index (χ4n) is 2.65. The molecule has 2 unspecified atom stereocenters. The van der Waals surface area contributed by atoms with Crippen molar-refractivity contribution in [2.24, 2.45) is 0 Å². The van der Waals surface area contributed by atoms with E-state index in [4.69, 9.17) is 6.42 Å². The lowest BCUT2D eigenvalue weighted by Gasteiger charge is -2.25. The minimum atomic E-state index is 0.0795. The summed E-state index contributed by atoms with van der Waals surface area (Å²) < 4.78 is 0. The Morgan fingerprint density at radius 2 is 1.81 bits per heavy atom. The summed E-state index contributed by atoms with van der Waals surface area (Å²) >= 11 is 0. The van der Waals surface area contributed by atoms with Crippen LogP contribution in [0, 0.1) is 26.2 Å². The monoisotopic (exact) mass is 277 g/mol. The maximum absolute atomic E-state index is 5.64. The zero-order chi connectivity index (χ0) is 15.2. The molecule has 1 heteroatoms. The summed E-state index contributed by atoms with van der Waals surface area (Å²) in [6, 6.07) is 17.3. The normalized spacial score (nSPS) is 13.4. The van der Waals surface area contributed by atoms with Crippen LogP contribution in [0.3, 0.4) is 0 Å². The third kappa shape index (κ3) is 3.74. The molecular weight excluding hydrogens is 254 g/mol. The van der Waals surface area contributed by atoms with Crippen LogP contribution in [-0.2, 0) is 0 Å². The molecule has 1 N–H and O–H groups in total. The predicted molar refractivity (Wildman–Crippen MR) is 90.2 cm³/mol. The molecule has 21 heavy (non-hydrogen) atoms. The molecule has 0 saturated carbocycles. The van der Waals surface area contributed by atoms with E-state index in [1.165, 1.54) is 22.3 Å². The lowest BCUT2D eigenvalue weighted by molar-refractivity contribution is 0.533. The van der Waals surface area contributed by atoms with Crippen LogP contribution in [0.5, 0.6) is 0 Å². The molecule has 1 nitrogen and oxygen atoms in total. The fourth-order valence-corrected chi connectivity index (χ4v) is 2.65. The van der Waals surface area contributed by atoms with Gasteiger partial charge in [-0.15, -0.1) is 6.42 Å². The van der Waals surface area contributed by atoms with Gasteiger partial charge in [0.2, 0.25) is 0 Å². The number of hydrogen-bond donors (Lipinski definition) is 1. The van der Waals surface area contributed by atoms with Crippen molar-refractivity contribution in [2.75, 3.05) is 0 Å². The first-order chi connectivity index (χ1) is 10.2. The summed E-state index contributed by atoms with van der Waals surface area (Å²) in [5.74, 6) is 2.84. The third-order valence-electron chi connectivity index (χ3n) is 3.85. The largest absolute Gasteiger partial charge is 0.293 e. The second-order valence-corrected chi connectivity index (χ2v) is 5.50. The van der Waals surface area contributed by atoms with Gasteiger partial charge in [0, 0.05) is 0 Å². The van der Waals surface area contributed by atoms with Crippen LogP contribution in [-0.4, -0.2) is 6.04 Å². The van der Waals surface area contributed by atoms with E-state index >= 15 is 0 Å². The molecule has 0 aliphatic heterocycles. The Hall–Kier alpha value is -2.04. The number of aryl methyl sites for hydroxylation is 2. The summed E-state index contributed by atoms with van der Waals surface area (Å²) in [5, 5.41) is 3.61. The molecule has 0 bridgehead atoms. The van der Waals surface area contributed by atoms with E-state index in [2.05, 4.69) is 74.5 Å².